The second kappa shape index (κ2) is 12.9. The summed E-state index contributed by atoms with van der Waals surface area (Å²) in [5.41, 5.74) is 0. The summed E-state index contributed by atoms with van der Waals surface area (Å²) in [5, 5.41) is 0. The first-order valence-corrected chi connectivity index (χ1v) is 7.94. The van der Waals surface area contributed by atoms with E-state index < -0.39 is 0 Å². The van der Waals surface area contributed by atoms with Gasteiger partial charge >= 0.3 is 5.97 Å². The zero-order valence-corrected chi connectivity index (χ0v) is 12.7. The molecule has 0 aliphatic carbocycles. The average molecular weight is 256 g/mol. The van der Waals surface area contributed by atoms with E-state index in [0.29, 0.717) is 6.42 Å². The fourth-order valence-corrected chi connectivity index (χ4v) is 2.06. The summed E-state index contributed by atoms with van der Waals surface area (Å²) in [5.74, 6) is 0.00782. The van der Waals surface area contributed by atoms with Gasteiger partial charge in [0.2, 0.25) is 0 Å². The lowest BCUT2D eigenvalue weighted by Crippen LogP contribution is -2.18. The molecular formula is C16H32O2. The molecular weight excluding hydrogens is 224 g/mol. The summed E-state index contributed by atoms with van der Waals surface area (Å²) < 4.78 is 5.60. The lowest BCUT2D eigenvalue weighted by Gasteiger charge is -2.17. The summed E-state index contributed by atoms with van der Waals surface area (Å²) in [6.45, 7) is 6.51. The molecule has 2 nitrogen and oxygen atoms in total. The van der Waals surface area contributed by atoms with Gasteiger partial charge < -0.3 is 4.74 Å². The van der Waals surface area contributed by atoms with E-state index in [2.05, 4.69) is 20.8 Å². The first-order valence-electron chi connectivity index (χ1n) is 7.94. The molecule has 0 aromatic rings. The number of esters is 1. The molecule has 2 heteroatoms. The molecule has 0 heterocycles. The molecule has 0 aromatic heterocycles. The van der Waals surface area contributed by atoms with Gasteiger partial charge in [-0.05, 0) is 25.7 Å². The summed E-state index contributed by atoms with van der Waals surface area (Å²) in [6.07, 6.45) is 12.2. The van der Waals surface area contributed by atoms with Crippen LogP contribution in [0.1, 0.15) is 91.4 Å². The third kappa shape index (κ3) is 10.6. The van der Waals surface area contributed by atoms with Gasteiger partial charge in [-0.15, -0.1) is 0 Å². The molecule has 0 aromatic carbocycles. The van der Waals surface area contributed by atoms with E-state index in [1.807, 2.05) is 0 Å². The van der Waals surface area contributed by atoms with Gasteiger partial charge in [0.05, 0.1) is 0 Å². The van der Waals surface area contributed by atoms with Gasteiger partial charge in [0, 0.05) is 6.42 Å². The number of rotatable bonds is 12. The molecule has 0 aliphatic rings. The van der Waals surface area contributed by atoms with Crippen LogP contribution in [0, 0.1) is 0 Å². The summed E-state index contributed by atoms with van der Waals surface area (Å²) in [6, 6.07) is 0. The number of carbonyl (C=O) groups is 1. The molecule has 0 spiro atoms. The molecule has 0 bridgehead atoms. The van der Waals surface area contributed by atoms with Crippen LogP contribution in [0.5, 0.6) is 0 Å². The van der Waals surface area contributed by atoms with Crippen molar-refractivity contribution < 1.29 is 9.53 Å². The molecule has 0 saturated heterocycles. The lowest BCUT2D eigenvalue weighted by atomic mass is 10.0. The predicted molar refractivity (Wildman–Crippen MR) is 77.7 cm³/mol. The van der Waals surface area contributed by atoms with Crippen molar-refractivity contribution in [1.29, 1.82) is 0 Å². The van der Waals surface area contributed by atoms with E-state index in [1.165, 1.54) is 38.5 Å². The minimum Gasteiger partial charge on any atom is -0.462 e. The molecule has 0 N–H and O–H groups in total. The van der Waals surface area contributed by atoms with Crippen LogP contribution in [0.3, 0.4) is 0 Å². The Morgan fingerprint density at radius 1 is 0.833 bits per heavy atom. The normalized spacial score (nSPS) is 12.4. The first-order chi connectivity index (χ1) is 8.74. The molecule has 0 rings (SSSR count). The Balaban J connectivity index is 3.85. The third-order valence-electron chi connectivity index (χ3n) is 3.29. The second-order valence-corrected chi connectivity index (χ2v) is 5.21. The quantitative estimate of drug-likeness (QED) is 0.352. The van der Waals surface area contributed by atoms with Gasteiger partial charge in [0.25, 0.3) is 0 Å². The van der Waals surface area contributed by atoms with Crippen LogP contribution in [0.25, 0.3) is 0 Å². The van der Waals surface area contributed by atoms with E-state index in [4.69, 9.17) is 4.74 Å². The molecule has 108 valence electrons. The van der Waals surface area contributed by atoms with Crippen molar-refractivity contribution in [3.8, 4) is 0 Å². The van der Waals surface area contributed by atoms with Crippen LogP contribution in [0.4, 0.5) is 0 Å². The Morgan fingerprint density at radius 2 is 1.44 bits per heavy atom. The molecule has 18 heavy (non-hydrogen) atoms. The van der Waals surface area contributed by atoms with Crippen LogP contribution in [0.2, 0.25) is 0 Å². The Morgan fingerprint density at radius 3 is 2.06 bits per heavy atom. The highest BCUT2D eigenvalue weighted by Gasteiger charge is 2.13. The maximum Gasteiger partial charge on any atom is 0.306 e. The monoisotopic (exact) mass is 256 g/mol. The summed E-state index contributed by atoms with van der Waals surface area (Å²) in [7, 11) is 0. The number of unbranched alkanes of at least 4 members (excludes halogenated alkanes) is 5. The van der Waals surface area contributed by atoms with Gasteiger partial charge in [-0.2, -0.15) is 0 Å². The Bertz CT molecular complexity index is 190. The van der Waals surface area contributed by atoms with Gasteiger partial charge in [-0.1, -0.05) is 59.3 Å². The van der Waals surface area contributed by atoms with E-state index in [9.17, 15) is 4.79 Å². The largest absolute Gasteiger partial charge is 0.462 e. The fourth-order valence-electron chi connectivity index (χ4n) is 2.06. The minimum absolute atomic E-state index is 0.00782. The van der Waals surface area contributed by atoms with Crippen molar-refractivity contribution in [2.45, 2.75) is 97.5 Å². The smallest absolute Gasteiger partial charge is 0.306 e. The van der Waals surface area contributed by atoms with Gasteiger partial charge in [-0.25, -0.2) is 0 Å². The van der Waals surface area contributed by atoms with Crippen LogP contribution in [0.15, 0.2) is 0 Å². The summed E-state index contributed by atoms with van der Waals surface area (Å²) >= 11 is 0. The van der Waals surface area contributed by atoms with E-state index in [0.717, 1.165) is 25.7 Å². The molecule has 0 aliphatic heterocycles. The zero-order chi connectivity index (χ0) is 13.6. The second-order valence-electron chi connectivity index (χ2n) is 5.21. The van der Waals surface area contributed by atoms with Crippen LogP contribution >= 0.6 is 0 Å². The van der Waals surface area contributed by atoms with E-state index in [-0.39, 0.29) is 12.1 Å². The topological polar surface area (TPSA) is 26.3 Å². The van der Waals surface area contributed by atoms with Crippen LogP contribution in [-0.2, 0) is 9.53 Å². The van der Waals surface area contributed by atoms with Crippen LogP contribution in [-0.4, -0.2) is 12.1 Å². The van der Waals surface area contributed by atoms with Crippen molar-refractivity contribution in [1.82, 2.24) is 0 Å². The number of hydrogen-bond acceptors (Lipinski definition) is 2. The van der Waals surface area contributed by atoms with Gasteiger partial charge in [0.15, 0.2) is 0 Å². The average Bonchev–Trinajstić information content (AvgIpc) is 2.38. The highest BCUT2D eigenvalue weighted by Crippen LogP contribution is 2.15. The third-order valence-corrected chi connectivity index (χ3v) is 3.29. The molecule has 1 unspecified atom stereocenters. The Labute approximate surface area is 113 Å². The minimum atomic E-state index is 0.00782. The van der Waals surface area contributed by atoms with Crippen molar-refractivity contribution in [2.24, 2.45) is 0 Å². The molecule has 0 amide bonds. The van der Waals surface area contributed by atoms with Crippen LogP contribution < -0.4 is 0 Å². The van der Waals surface area contributed by atoms with E-state index in [1.54, 1.807) is 0 Å². The van der Waals surface area contributed by atoms with Crippen molar-refractivity contribution in [3.63, 3.8) is 0 Å². The summed E-state index contributed by atoms with van der Waals surface area (Å²) in [4.78, 5) is 11.6. The first kappa shape index (κ1) is 17.5. The SMILES string of the molecule is CCCCCCC(CCCC)OC(=O)CCCC. The maximum atomic E-state index is 11.6. The van der Waals surface area contributed by atoms with Crippen molar-refractivity contribution in [3.05, 3.63) is 0 Å². The molecule has 0 saturated carbocycles. The van der Waals surface area contributed by atoms with Crippen molar-refractivity contribution >= 4 is 5.97 Å². The fraction of sp³-hybridized carbons (Fsp3) is 0.938. The highest BCUT2D eigenvalue weighted by molar-refractivity contribution is 5.69. The molecule has 1 atom stereocenters. The van der Waals surface area contributed by atoms with E-state index >= 15 is 0 Å². The maximum absolute atomic E-state index is 11.6. The molecule has 0 fully saturated rings. The number of carbonyl (C=O) groups excluding carboxylic acids is 1. The number of ether oxygens (including phenoxy) is 1. The standard InChI is InChI=1S/C16H32O2/c1-4-7-10-11-13-15(12-8-5-2)18-16(17)14-9-6-3/h15H,4-14H2,1-3H3. The Kier molecular flexibility index (Phi) is 12.5. The molecule has 0 radical (unpaired) electrons. The Hall–Kier alpha value is -0.530. The lowest BCUT2D eigenvalue weighted by molar-refractivity contribution is -0.150. The highest BCUT2D eigenvalue weighted by atomic mass is 16.5. The number of hydrogen-bond donors (Lipinski definition) is 0. The van der Waals surface area contributed by atoms with Gasteiger partial charge in [0.1, 0.15) is 6.10 Å². The van der Waals surface area contributed by atoms with Gasteiger partial charge in [-0.3, -0.25) is 4.79 Å². The van der Waals surface area contributed by atoms with Crippen molar-refractivity contribution in [2.75, 3.05) is 0 Å². The zero-order valence-electron chi connectivity index (χ0n) is 12.7. The predicted octanol–water partition coefficient (Wildman–Crippen LogP) is 5.25.